The van der Waals surface area contributed by atoms with Gasteiger partial charge in [-0.1, -0.05) is 19.1 Å². The third-order valence-corrected chi connectivity index (χ3v) is 6.26. The van der Waals surface area contributed by atoms with Crippen LogP contribution in [0.15, 0.2) is 47.4 Å². The topological polar surface area (TPSA) is 118 Å². The molecule has 2 aromatic carbocycles. The number of nitro benzene ring substituents is 1. The molecule has 2 aromatic rings. The van der Waals surface area contributed by atoms with E-state index in [1.807, 2.05) is 0 Å². The molecule has 1 saturated carbocycles. The molecule has 0 heterocycles. The first-order valence-corrected chi connectivity index (χ1v) is 10.6. The van der Waals surface area contributed by atoms with Crippen LogP contribution in [0.2, 0.25) is 0 Å². The van der Waals surface area contributed by atoms with Gasteiger partial charge in [-0.15, -0.1) is 0 Å². The number of nitrogens with zero attached hydrogens (tertiary/aromatic N) is 1. The molecule has 0 saturated heterocycles. The summed E-state index contributed by atoms with van der Waals surface area (Å²) in [6.45, 7) is 1.76. The Hall–Kier alpha value is -2.94. The first-order valence-electron chi connectivity index (χ1n) is 8.95. The number of nitrogens with one attached hydrogen (secondary N) is 2. The second kappa shape index (κ2) is 7.97. The molecule has 0 radical (unpaired) electrons. The highest BCUT2D eigenvalue weighted by Crippen LogP contribution is 2.31. The van der Waals surface area contributed by atoms with E-state index < -0.39 is 20.7 Å². The monoisotopic (exact) mass is 403 g/mol. The third-order valence-electron chi connectivity index (χ3n) is 4.51. The molecular weight excluding hydrogens is 382 g/mol. The van der Waals surface area contributed by atoms with E-state index in [4.69, 9.17) is 0 Å². The molecule has 1 fully saturated rings. The lowest BCUT2D eigenvalue weighted by Crippen LogP contribution is -2.23. The molecule has 0 spiro atoms. The van der Waals surface area contributed by atoms with E-state index in [0.29, 0.717) is 5.69 Å². The van der Waals surface area contributed by atoms with E-state index in [1.54, 1.807) is 31.2 Å². The molecule has 9 heteroatoms. The highest BCUT2D eigenvalue weighted by Gasteiger charge is 2.25. The Labute approximate surface area is 163 Å². The van der Waals surface area contributed by atoms with Crippen molar-refractivity contribution in [3.63, 3.8) is 0 Å². The maximum atomic E-state index is 12.4. The lowest BCUT2D eigenvalue weighted by molar-refractivity contribution is -0.384. The van der Waals surface area contributed by atoms with Gasteiger partial charge in [0.05, 0.1) is 15.6 Å². The van der Waals surface area contributed by atoms with Gasteiger partial charge in [0, 0.05) is 24.2 Å². The zero-order valence-corrected chi connectivity index (χ0v) is 16.2. The molecule has 1 amide bonds. The van der Waals surface area contributed by atoms with Crippen molar-refractivity contribution in [2.75, 3.05) is 11.1 Å². The van der Waals surface area contributed by atoms with Crippen molar-refractivity contribution in [2.45, 2.75) is 37.2 Å². The fraction of sp³-hybridized carbons (Fsp3) is 0.316. The van der Waals surface area contributed by atoms with Gasteiger partial charge in [0.2, 0.25) is 0 Å². The van der Waals surface area contributed by atoms with Crippen LogP contribution in [0.3, 0.4) is 0 Å². The Balaban J connectivity index is 1.67. The maximum absolute atomic E-state index is 12.4. The van der Waals surface area contributed by atoms with Gasteiger partial charge in [-0.05, 0) is 42.7 Å². The average molecular weight is 403 g/mol. The Morgan fingerprint density at radius 2 is 1.86 bits per heavy atom. The lowest BCUT2D eigenvalue weighted by atomic mass is 10.1. The van der Waals surface area contributed by atoms with Gasteiger partial charge in [0.25, 0.3) is 11.6 Å². The normalized spacial score (nSPS) is 13.8. The summed E-state index contributed by atoms with van der Waals surface area (Å²) in [7, 11) is -3.27. The van der Waals surface area contributed by atoms with Crippen molar-refractivity contribution >= 4 is 27.1 Å². The van der Waals surface area contributed by atoms with E-state index in [-0.39, 0.29) is 34.5 Å². The molecule has 8 nitrogen and oxygen atoms in total. The molecular formula is C19H21N3O5S. The minimum atomic E-state index is -3.27. The van der Waals surface area contributed by atoms with E-state index in [0.717, 1.165) is 18.4 Å². The van der Waals surface area contributed by atoms with Crippen LogP contribution in [0.1, 0.15) is 35.7 Å². The SMILES string of the molecule is CCS(=O)(=O)c1ccc(CNC(=O)c2ccc(NC3CC3)c([N+](=O)[O-])c2)cc1. The summed E-state index contributed by atoms with van der Waals surface area (Å²) in [5.74, 6) is -0.417. The molecule has 2 N–H and O–H groups in total. The highest BCUT2D eigenvalue weighted by molar-refractivity contribution is 7.91. The fourth-order valence-electron chi connectivity index (χ4n) is 2.66. The number of rotatable bonds is 8. The van der Waals surface area contributed by atoms with Gasteiger partial charge in [-0.3, -0.25) is 14.9 Å². The van der Waals surface area contributed by atoms with Crippen molar-refractivity contribution in [1.82, 2.24) is 5.32 Å². The van der Waals surface area contributed by atoms with Crippen LogP contribution >= 0.6 is 0 Å². The Morgan fingerprint density at radius 1 is 1.18 bits per heavy atom. The summed E-state index contributed by atoms with van der Waals surface area (Å²) < 4.78 is 23.6. The minimum Gasteiger partial charge on any atom is -0.377 e. The van der Waals surface area contributed by atoms with Crippen LogP contribution in [-0.4, -0.2) is 31.0 Å². The van der Waals surface area contributed by atoms with Crippen LogP contribution < -0.4 is 10.6 Å². The molecule has 0 aromatic heterocycles. The van der Waals surface area contributed by atoms with Crippen LogP contribution in [0.5, 0.6) is 0 Å². The predicted molar refractivity (Wildman–Crippen MR) is 105 cm³/mol. The number of carbonyl (C=O) groups is 1. The first kappa shape index (κ1) is 19.8. The number of carbonyl (C=O) groups excluding carboxylic acids is 1. The van der Waals surface area contributed by atoms with Crippen LogP contribution in [0.25, 0.3) is 0 Å². The number of hydrogen-bond acceptors (Lipinski definition) is 6. The highest BCUT2D eigenvalue weighted by atomic mass is 32.2. The number of hydrogen-bond donors (Lipinski definition) is 2. The molecule has 0 atom stereocenters. The van der Waals surface area contributed by atoms with E-state index in [2.05, 4.69) is 10.6 Å². The zero-order valence-electron chi connectivity index (χ0n) is 15.3. The van der Waals surface area contributed by atoms with E-state index in [9.17, 15) is 23.3 Å². The third kappa shape index (κ3) is 4.66. The average Bonchev–Trinajstić information content (AvgIpc) is 3.50. The first-order chi connectivity index (χ1) is 13.3. The molecule has 0 unspecified atom stereocenters. The number of amides is 1. The Bertz CT molecular complexity index is 999. The second-order valence-corrected chi connectivity index (χ2v) is 8.92. The van der Waals surface area contributed by atoms with Crippen LogP contribution in [0.4, 0.5) is 11.4 Å². The lowest BCUT2D eigenvalue weighted by Gasteiger charge is -2.09. The van der Waals surface area contributed by atoms with Gasteiger partial charge in [0.15, 0.2) is 9.84 Å². The summed E-state index contributed by atoms with van der Waals surface area (Å²) in [5.41, 5.74) is 1.20. The van der Waals surface area contributed by atoms with Crippen molar-refractivity contribution in [2.24, 2.45) is 0 Å². The van der Waals surface area contributed by atoms with Gasteiger partial charge >= 0.3 is 0 Å². The van der Waals surface area contributed by atoms with Gasteiger partial charge in [0.1, 0.15) is 5.69 Å². The van der Waals surface area contributed by atoms with Crippen LogP contribution in [-0.2, 0) is 16.4 Å². The maximum Gasteiger partial charge on any atom is 0.293 e. The quantitative estimate of drug-likeness (QED) is 0.517. The molecule has 3 rings (SSSR count). The van der Waals surface area contributed by atoms with Gasteiger partial charge in [-0.2, -0.15) is 0 Å². The zero-order chi connectivity index (χ0) is 20.3. The van der Waals surface area contributed by atoms with E-state index >= 15 is 0 Å². The molecule has 0 aliphatic heterocycles. The fourth-order valence-corrected chi connectivity index (χ4v) is 3.54. The van der Waals surface area contributed by atoms with Gasteiger partial charge < -0.3 is 10.6 Å². The number of benzene rings is 2. The van der Waals surface area contributed by atoms with E-state index in [1.165, 1.54) is 18.2 Å². The standard InChI is InChI=1S/C19H21N3O5S/c1-2-28(26,27)16-8-3-13(4-9-16)12-20-19(23)14-5-10-17(21-15-6-7-15)18(11-14)22(24)25/h3-5,8-11,15,21H,2,6-7,12H2,1H3,(H,20,23). The van der Waals surface area contributed by atoms with Crippen molar-refractivity contribution < 1.29 is 18.1 Å². The molecule has 1 aliphatic carbocycles. The molecule has 28 heavy (non-hydrogen) atoms. The second-order valence-electron chi connectivity index (χ2n) is 6.64. The Morgan fingerprint density at radius 3 is 2.43 bits per heavy atom. The molecule has 0 bridgehead atoms. The van der Waals surface area contributed by atoms with Crippen molar-refractivity contribution in [3.05, 3.63) is 63.7 Å². The molecule has 148 valence electrons. The Kier molecular flexibility index (Phi) is 5.64. The number of sulfone groups is 1. The van der Waals surface area contributed by atoms with Crippen molar-refractivity contribution in [3.8, 4) is 0 Å². The van der Waals surface area contributed by atoms with Crippen molar-refractivity contribution in [1.29, 1.82) is 0 Å². The number of nitro groups is 1. The summed E-state index contributed by atoms with van der Waals surface area (Å²) in [5, 5.41) is 17.1. The largest absolute Gasteiger partial charge is 0.377 e. The predicted octanol–water partition coefficient (Wildman–Crippen LogP) is 2.89. The summed E-state index contributed by atoms with van der Waals surface area (Å²) in [6.07, 6.45) is 1.97. The summed E-state index contributed by atoms with van der Waals surface area (Å²) in [6, 6.07) is 10.9. The van der Waals surface area contributed by atoms with Crippen LogP contribution in [0, 0.1) is 10.1 Å². The summed E-state index contributed by atoms with van der Waals surface area (Å²) >= 11 is 0. The van der Waals surface area contributed by atoms with Gasteiger partial charge in [-0.25, -0.2) is 8.42 Å². The smallest absolute Gasteiger partial charge is 0.293 e. The minimum absolute atomic E-state index is 0.0213. The molecule has 1 aliphatic rings. The number of anilines is 1. The summed E-state index contributed by atoms with van der Waals surface area (Å²) in [4.78, 5) is 23.4.